The van der Waals surface area contributed by atoms with Crippen LogP contribution in [0.1, 0.15) is 22.3 Å². The smallest absolute Gasteiger partial charge is 0.270 e. The van der Waals surface area contributed by atoms with Crippen molar-refractivity contribution in [2.75, 3.05) is 16.9 Å². The van der Waals surface area contributed by atoms with E-state index >= 15 is 0 Å². The van der Waals surface area contributed by atoms with Gasteiger partial charge in [0.25, 0.3) is 11.8 Å². The Balaban J connectivity index is 1.54. The molecule has 1 fully saturated rings. The Hall–Kier alpha value is -3.98. The van der Waals surface area contributed by atoms with Crippen LogP contribution in [0.15, 0.2) is 95.0 Å². The van der Waals surface area contributed by atoms with E-state index in [1.807, 2.05) is 74.5 Å². The van der Waals surface area contributed by atoms with Gasteiger partial charge in [0, 0.05) is 5.02 Å². The summed E-state index contributed by atoms with van der Waals surface area (Å²) in [6.45, 7) is 4.21. The molecule has 0 atom stereocenters. The summed E-state index contributed by atoms with van der Waals surface area (Å²) in [5.41, 5.74) is 4.65. The molecule has 42 heavy (non-hydrogen) atoms. The molecular weight excluding hydrogens is 636 g/mol. The first-order chi connectivity index (χ1) is 20.2. The van der Waals surface area contributed by atoms with Crippen molar-refractivity contribution in [3.63, 3.8) is 0 Å². The molecule has 0 saturated carbocycles. The number of amides is 2. The molecule has 1 saturated heterocycles. The molecular formula is C33H26BrClN2O4S. The fourth-order valence-electron chi connectivity index (χ4n) is 4.44. The molecule has 0 spiro atoms. The van der Waals surface area contributed by atoms with E-state index in [9.17, 15) is 9.59 Å². The van der Waals surface area contributed by atoms with E-state index in [1.165, 1.54) is 16.9 Å². The highest BCUT2D eigenvalue weighted by molar-refractivity contribution is 9.10. The third kappa shape index (κ3) is 6.11. The van der Waals surface area contributed by atoms with Gasteiger partial charge < -0.3 is 9.47 Å². The molecule has 4 aromatic carbocycles. The maximum absolute atomic E-state index is 13.9. The van der Waals surface area contributed by atoms with Crippen LogP contribution in [-0.4, -0.2) is 24.0 Å². The van der Waals surface area contributed by atoms with Crippen LogP contribution in [0.3, 0.4) is 0 Å². The summed E-state index contributed by atoms with van der Waals surface area (Å²) in [5, 5.41) is 0.726. The number of aryl methyl sites for hydroxylation is 2. The monoisotopic (exact) mass is 660 g/mol. The molecule has 6 nitrogen and oxygen atoms in total. The van der Waals surface area contributed by atoms with Crippen molar-refractivity contribution < 1.29 is 19.1 Å². The van der Waals surface area contributed by atoms with Crippen molar-refractivity contribution >= 4 is 74.1 Å². The Morgan fingerprint density at radius 3 is 1.86 bits per heavy atom. The molecule has 0 aliphatic carbocycles. The molecule has 212 valence electrons. The number of rotatable bonds is 7. The first-order valence-corrected chi connectivity index (χ1v) is 14.6. The number of ether oxygens (including phenoxy) is 2. The molecule has 4 aromatic rings. The molecule has 0 radical (unpaired) electrons. The van der Waals surface area contributed by atoms with Crippen LogP contribution in [0.5, 0.6) is 11.5 Å². The number of carbonyl (C=O) groups is 2. The van der Waals surface area contributed by atoms with Gasteiger partial charge in [-0.2, -0.15) is 0 Å². The Bertz CT molecular complexity index is 1630. The van der Waals surface area contributed by atoms with E-state index < -0.39 is 11.8 Å². The quantitative estimate of drug-likeness (QED) is 0.114. The third-order valence-corrected chi connectivity index (χ3v) is 7.90. The Morgan fingerprint density at radius 1 is 0.833 bits per heavy atom. The van der Waals surface area contributed by atoms with Crippen molar-refractivity contribution in [3.05, 3.63) is 122 Å². The lowest BCUT2D eigenvalue weighted by Gasteiger charge is -2.36. The van der Waals surface area contributed by atoms with Crippen LogP contribution in [0.25, 0.3) is 6.08 Å². The zero-order chi connectivity index (χ0) is 30.0. The van der Waals surface area contributed by atoms with E-state index in [1.54, 1.807) is 30.3 Å². The van der Waals surface area contributed by atoms with E-state index in [2.05, 4.69) is 15.9 Å². The molecule has 1 heterocycles. The molecule has 0 unspecified atom stereocenters. The minimum atomic E-state index is -0.518. The molecule has 5 rings (SSSR count). The number of halogens is 2. The SMILES string of the molecule is COc1cc(C=C2C(=O)N(c3ccc(C)cc3)C(=S)N(c3ccc(C)cc3)C2=O)cc(Br)c1OCc1ccc(Cl)cc1. The Kier molecular flexibility index (Phi) is 8.77. The van der Waals surface area contributed by atoms with Gasteiger partial charge in [0.05, 0.1) is 23.0 Å². The minimum absolute atomic E-state index is 0.0477. The van der Waals surface area contributed by atoms with Crippen LogP contribution in [-0.2, 0) is 16.2 Å². The number of anilines is 2. The van der Waals surface area contributed by atoms with Gasteiger partial charge in [-0.05, 0) is 108 Å². The summed E-state index contributed by atoms with van der Waals surface area (Å²) in [6.07, 6.45) is 1.55. The first kappa shape index (κ1) is 29.5. The van der Waals surface area contributed by atoms with E-state index in [4.69, 9.17) is 33.3 Å². The van der Waals surface area contributed by atoms with Gasteiger partial charge in [-0.25, -0.2) is 0 Å². The fraction of sp³-hybridized carbons (Fsp3) is 0.121. The zero-order valence-electron chi connectivity index (χ0n) is 23.1. The van der Waals surface area contributed by atoms with Crippen molar-refractivity contribution in [3.8, 4) is 11.5 Å². The number of nitrogens with zero attached hydrogens (tertiary/aromatic N) is 2. The standard InChI is InChI=1S/C33H26BrClN2O4S/c1-20-4-12-25(13-5-20)36-31(38)27(32(39)37(33(36)42)26-14-6-21(2)7-15-26)16-23-17-28(34)30(29(18-23)40-3)41-19-22-8-10-24(35)11-9-22/h4-18H,19H2,1-3H3. The molecule has 9 heteroatoms. The summed E-state index contributed by atoms with van der Waals surface area (Å²) in [4.78, 5) is 30.6. The average molecular weight is 662 g/mol. The van der Waals surface area contributed by atoms with Gasteiger partial charge in [0.1, 0.15) is 12.2 Å². The summed E-state index contributed by atoms with van der Waals surface area (Å²) in [7, 11) is 1.53. The van der Waals surface area contributed by atoms with Gasteiger partial charge in [0.15, 0.2) is 16.6 Å². The molecule has 0 aromatic heterocycles. The zero-order valence-corrected chi connectivity index (χ0v) is 26.2. The summed E-state index contributed by atoms with van der Waals surface area (Å²) in [5.74, 6) is -0.118. The van der Waals surface area contributed by atoms with Gasteiger partial charge >= 0.3 is 0 Å². The summed E-state index contributed by atoms with van der Waals surface area (Å²) in [6, 6.07) is 25.7. The Labute approximate surface area is 263 Å². The van der Waals surface area contributed by atoms with Crippen molar-refractivity contribution in [2.45, 2.75) is 20.5 Å². The number of methoxy groups -OCH3 is 1. The van der Waals surface area contributed by atoms with Gasteiger partial charge in [0.2, 0.25) is 0 Å². The maximum Gasteiger partial charge on any atom is 0.270 e. The van der Waals surface area contributed by atoms with Gasteiger partial charge in [-0.1, -0.05) is 59.1 Å². The summed E-state index contributed by atoms with van der Waals surface area (Å²) < 4.78 is 12.3. The predicted octanol–water partition coefficient (Wildman–Crippen LogP) is 8.06. The molecule has 1 aliphatic heterocycles. The summed E-state index contributed by atoms with van der Waals surface area (Å²) >= 11 is 15.3. The maximum atomic E-state index is 13.9. The van der Waals surface area contributed by atoms with Crippen LogP contribution < -0.4 is 19.3 Å². The second-order valence-corrected chi connectivity index (χ2v) is 11.4. The van der Waals surface area contributed by atoms with Crippen LogP contribution >= 0.6 is 39.7 Å². The molecule has 0 N–H and O–H groups in total. The second-order valence-electron chi connectivity index (χ2n) is 9.74. The normalized spacial score (nSPS) is 13.5. The van der Waals surface area contributed by atoms with Crippen molar-refractivity contribution in [1.29, 1.82) is 0 Å². The van der Waals surface area contributed by atoms with Crippen LogP contribution in [0, 0.1) is 13.8 Å². The highest BCUT2D eigenvalue weighted by Crippen LogP contribution is 2.38. The minimum Gasteiger partial charge on any atom is -0.493 e. The van der Waals surface area contributed by atoms with E-state index in [0.717, 1.165) is 16.7 Å². The van der Waals surface area contributed by atoms with E-state index in [0.29, 0.717) is 37.9 Å². The second kappa shape index (κ2) is 12.5. The molecule has 1 aliphatic rings. The van der Waals surface area contributed by atoms with Gasteiger partial charge in [-0.15, -0.1) is 0 Å². The van der Waals surface area contributed by atoms with Crippen molar-refractivity contribution in [1.82, 2.24) is 0 Å². The van der Waals surface area contributed by atoms with Gasteiger partial charge in [-0.3, -0.25) is 19.4 Å². The lowest BCUT2D eigenvalue weighted by atomic mass is 10.0. The number of carbonyl (C=O) groups excluding carboxylic acids is 2. The molecule has 2 amide bonds. The predicted molar refractivity (Wildman–Crippen MR) is 174 cm³/mol. The highest BCUT2D eigenvalue weighted by Gasteiger charge is 2.41. The number of hydrogen-bond donors (Lipinski definition) is 0. The Morgan fingerprint density at radius 2 is 1.36 bits per heavy atom. The lowest BCUT2D eigenvalue weighted by Crippen LogP contribution is -2.56. The fourth-order valence-corrected chi connectivity index (χ4v) is 5.52. The van der Waals surface area contributed by atoms with Crippen LogP contribution in [0.4, 0.5) is 11.4 Å². The number of benzene rings is 4. The molecule has 0 bridgehead atoms. The number of hydrogen-bond acceptors (Lipinski definition) is 5. The highest BCUT2D eigenvalue weighted by atomic mass is 79.9. The van der Waals surface area contributed by atoms with Crippen LogP contribution in [0.2, 0.25) is 5.02 Å². The van der Waals surface area contributed by atoms with Crippen molar-refractivity contribution in [2.24, 2.45) is 0 Å². The third-order valence-electron chi connectivity index (χ3n) is 6.69. The average Bonchev–Trinajstić information content (AvgIpc) is 2.97. The first-order valence-electron chi connectivity index (χ1n) is 13.0. The van der Waals surface area contributed by atoms with E-state index in [-0.39, 0.29) is 17.3 Å². The lowest BCUT2D eigenvalue weighted by molar-refractivity contribution is -0.120. The number of thiocarbonyl (C=S) groups is 1. The topological polar surface area (TPSA) is 59.1 Å². The largest absolute Gasteiger partial charge is 0.493 e.